The second-order valence-corrected chi connectivity index (χ2v) is 6.49. The third-order valence-corrected chi connectivity index (χ3v) is 4.36. The number of carboxylic acid groups (broad SMARTS) is 1. The molecular weight excluding hydrogens is 385 g/mol. The minimum Gasteiger partial charge on any atom is -0.478 e. The molecule has 1 atom stereocenters. The van der Waals surface area contributed by atoms with Crippen LogP contribution in [0.1, 0.15) is 16.7 Å². The van der Waals surface area contributed by atoms with Gasteiger partial charge in [-0.15, -0.1) is 0 Å². The molecule has 0 saturated heterocycles. The number of benzene rings is 2. The molecule has 4 nitrogen and oxygen atoms in total. The Morgan fingerprint density at radius 2 is 1.85 bits per heavy atom. The summed E-state index contributed by atoms with van der Waals surface area (Å²) in [6.45, 7) is 3.65. The summed E-state index contributed by atoms with van der Waals surface area (Å²) in [5.74, 6) is -1.23. The van der Waals surface area contributed by atoms with Crippen LogP contribution in [0.25, 0.3) is 6.08 Å². The summed E-state index contributed by atoms with van der Waals surface area (Å²) in [5, 5.41) is 9.19. The minimum atomic E-state index is -4.88. The zero-order valence-electron chi connectivity index (χ0n) is 14.2. The van der Waals surface area contributed by atoms with Gasteiger partial charge in [-0.05, 0) is 37.1 Å². The molecular formula is C19H14ClF3O4. The Hall–Kier alpha value is -2.67. The lowest BCUT2D eigenvalue weighted by atomic mass is 10.0. The topological polar surface area (TPSA) is 55.8 Å². The standard InChI is InChI=1S/C19H14ClF3O4/c1-9-4-3-5-10(2)16(9)26-15-8-14-11(7-13(15)20)6-12(18(24)25)17(27-14)19(21,22)23/h3-8,17H,1-2H3,(H,24,25). The Labute approximate surface area is 157 Å². The first-order valence-corrected chi connectivity index (χ1v) is 8.21. The molecule has 1 heterocycles. The van der Waals surface area contributed by atoms with Crippen LogP contribution in [0.2, 0.25) is 5.02 Å². The Morgan fingerprint density at radius 3 is 2.41 bits per heavy atom. The molecule has 142 valence electrons. The summed E-state index contributed by atoms with van der Waals surface area (Å²) < 4.78 is 50.3. The predicted molar refractivity (Wildman–Crippen MR) is 93.5 cm³/mol. The number of aliphatic carboxylic acids is 1. The highest BCUT2D eigenvalue weighted by molar-refractivity contribution is 6.32. The monoisotopic (exact) mass is 398 g/mol. The van der Waals surface area contributed by atoms with Crippen molar-refractivity contribution in [2.75, 3.05) is 0 Å². The molecule has 8 heteroatoms. The van der Waals surface area contributed by atoms with Crippen LogP contribution in [0.4, 0.5) is 13.2 Å². The molecule has 0 aromatic heterocycles. The van der Waals surface area contributed by atoms with Crippen LogP contribution in [0, 0.1) is 13.8 Å². The van der Waals surface area contributed by atoms with Crippen LogP contribution >= 0.6 is 11.6 Å². The van der Waals surface area contributed by atoms with Gasteiger partial charge in [-0.3, -0.25) is 0 Å². The number of hydrogen-bond acceptors (Lipinski definition) is 3. The van der Waals surface area contributed by atoms with Crippen LogP contribution in [0.15, 0.2) is 35.9 Å². The fraction of sp³-hybridized carbons (Fsp3) is 0.211. The van der Waals surface area contributed by atoms with Crippen molar-refractivity contribution in [3.63, 3.8) is 0 Å². The van der Waals surface area contributed by atoms with Gasteiger partial charge in [-0.2, -0.15) is 13.2 Å². The van der Waals surface area contributed by atoms with Crippen molar-refractivity contribution in [2.45, 2.75) is 26.1 Å². The van der Waals surface area contributed by atoms with Crippen molar-refractivity contribution in [3.05, 3.63) is 57.6 Å². The highest BCUT2D eigenvalue weighted by atomic mass is 35.5. The van der Waals surface area contributed by atoms with Gasteiger partial charge in [0.25, 0.3) is 0 Å². The minimum absolute atomic E-state index is 0.112. The lowest BCUT2D eigenvalue weighted by molar-refractivity contribution is -0.187. The van der Waals surface area contributed by atoms with E-state index in [2.05, 4.69) is 0 Å². The second-order valence-electron chi connectivity index (χ2n) is 6.09. The first kappa shape index (κ1) is 19.1. The number of hydrogen-bond donors (Lipinski definition) is 1. The Morgan fingerprint density at radius 1 is 1.22 bits per heavy atom. The normalized spacial score (nSPS) is 16.2. The molecule has 27 heavy (non-hydrogen) atoms. The molecule has 0 bridgehead atoms. The molecule has 3 rings (SSSR count). The average Bonchev–Trinajstić information content (AvgIpc) is 2.56. The van der Waals surface area contributed by atoms with Crippen LogP contribution < -0.4 is 9.47 Å². The Balaban J connectivity index is 2.05. The van der Waals surface area contributed by atoms with Gasteiger partial charge in [0.15, 0.2) is 0 Å². The molecule has 0 saturated carbocycles. The molecule has 1 N–H and O–H groups in total. The van der Waals surface area contributed by atoms with E-state index in [9.17, 15) is 18.0 Å². The molecule has 2 aromatic rings. The molecule has 0 aliphatic carbocycles. The number of ether oxygens (including phenoxy) is 2. The van der Waals surface area contributed by atoms with E-state index in [0.717, 1.165) is 17.2 Å². The second kappa shape index (κ2) is 6.81. The SMILES string of the molecule is Cc1cccc(C)c1Oc1cc2c(cc1Cl)C=C(C(=O)O)C(C(F)(F)F)O2. The fourth-order valence-electron chi connectivity index (χ4n) is 2.76. The largest absolute Gasteiger partial charge is 0.478 e. The van der Waals surface area contributed by atoms with Gasteiger partial charge in [0.1, 0.15) is 17.2 Å². The van der Waals surface area contributed by atoms with Crippen LogP contribution in [-0.4, -0.2) is 23.4 Å². The van der Waals surface area contributed by atoms with Crippen molar-refractivity contribution < 1.29 is 32.5 Å². The summed E-state index contributed by atoms with van der Waals surface area (Å²) in [5.41, 5.74) is 0.873. The molecule has 0 radical (unpaired) electrons. The number of alkyl halides is 3. The van der Waals surface area contributed by atoms with Crippen molar-refractivity contribution in [1.29, 1.82) is 0 Å². The predicted octanol–water partition coefficient (Wildman–Crippen LogP) is 5.54. The lowest BCUT2D eigenvalue weighted by Crippen LogP contribution is -2.40. The number of carbonyl (C=O) groups is 1. The zero-order chi connectivity index (χ0) is 19.9. The van der Waals surface area contributed by atoms with E-state index in [1.807, 2.05) is 32.0 Å². The lowest BCUT2D eigenvalue weighted by Gasteiger charge is -2.27. The summed E-state index contributed by atoms with van der Waals surface area (Å²) in [6.07, 6.45) is -6.54. The van der Waals surface area contributed by atoms with Gasteiger partial charge in [0.05, 0.1) is 10.6 Å². The highest BCUT2D eigenvalue weighted by Gasteiger charge is 2.48. The number of fused-ring (bicyclic) bond motifs is 1. The van der Waals surface area contributed by atoms with E-state index in [1.165, 1.54) is 12.1 Å². The third kappa shape index (κ3) is 3.73. The first-order valence-electron chi connectivity index (χ1n) is 7.84. The van der Waals surface area contributed by atoms with Crippen LogP contribution in [-0.2, 0) is 4.79 Å². The van der Waals surface area contributed by atoms with E-state index >= 15 is 0 Å². The third-order valence-electron chi connectivity index (χ3n) is 4.07. The number of halogens is 4. The molecule has 1 aliphatic heterocycles. The van der Waals surface area contributed by atoms with Crippen molar-refractivity contribution in [3.8, 4) is 17.2 Å². The first-order chi connectivity index (χ1) is 12.6. The van der Waals surface area contributed by atoms with Gasteiger partial charge < -0.3 is 14.6 Å². The molecule has 0 spiro atoms. The van der Waals surface area contributed by atoms with Gasteiger partial charge in [0, 0.05) is 11.6 Å². The van der Waals surface area contributed by atoms with Crippen LogP contribution in [0.3, 0.4) is 0 Å². The van der Waals surface area contributed by atoms with Crippen molar-refractivity contribution in [2.24, 2.45) is 0 Å². The smallest absolute Gasteiger partial charge is 0.430 e. The summed E-state index contributed by atoms with van der Waals surface area (Å²) in [7, 11) is 0. The van der Waals surface area contributed by atoms with Gasteiger partial charge in [0.2, 0.25) is 6.10 Å². The van der Waals surface area contributed by atoms with Gasteiger partial charge in [-0.1, -0.05) is 29.8 Å². The molecule has 0 fully saturated rings. The maximum absolute atomic E-state index is 13.2. The van der Waals surface area contributed by atoms with Crippen molar-refractivity contribution >= 4 is 23.6 Å². The van der Waals surface area contributed by atoms with E-state index in [1.54, 1.807) is 0 Å². The maximum Gasteiger partial charge on any atom is 0.430 e. The number of aryl methyl sites for hydroxylation is 2. The molecule has 1 aliphatic rings. The van der Waals surface area contributed by atoms with Crippen LogP contribution in [0.5, 0.6) is 17.2 Å². The summed E-state index contributed by atoms with van der Waals surface area (Å²) in [6, 6.07) is 8.05. The molecule has 0 amide bonds. The van der Waals surface area contributed by atoms with Gasteiger partial charge in [-0.25, -0.2) is 4.79 Å². The van der Waals surface area contributed by atoms with E-state index in [4.69, 9.17) is 26.2 Å². The maximum atomic E-state index is 13.2. The van der Waals surface area contributed by atoms with Gasteiger partial charge >= 0.3 is 12.1 Å². The zero-order valence-corrected chi connectivity index (χ0v) is 15.0. The average molecular weight is 399 g/mol. The number of para-hydroxylation sites is 1. The summed E-state index contributed by atoms with van der Waals surface area (Å²) in [4.78, 5) is 11.2. The van der Waals surface area contributed by atoms with E-state index in [-0.39, 0.29) is 22.1 Å². The summed E-state index contributed by atoms with van der Waals surface area (Å²) >= 11 is 6.19. The fourth-order valence-corrected chi connectivity index (χ4v) is 2.97. The van der Waals surface area contributed by atoms with E-state index < -0.39 is 23.8 Å². The molecule has 1 unspecified atom stereocenters. The Bertz CT molecular complexity index is 930. The van der Waals surface area contributed by atoms with E-state index in [0.29, 0.717) is 5.75 Å². The number of carboxylic acids is 1. The number of rotatable bonds is 3. The molecule has 2 aromatic carbocycles. The van der Waals surface area contributed by atoms with Crippen molar-refractivity contribution in [1.82, 2.24) is 0 Å². The Kier molecular flexibility index (Phi) is 4.82. The quantitative estimate of drug-likeness (QED) is 0.737. The highest BCUT2D eigenvalue weighted by Crippen LogP contribution is 2.43.